The maximum Gasteiger partial charge on any atom is 0.240 e. The van der Waals surface area contributed by atoms with Crippen LogP contribution in [0, 0.1) is 5.82 Å². The Labute approximate surface area is 130 Å². The number of benzene rings is 1. The van der Waals surface area contributed by atoms with Crippen LogP contribution in [0.15, 0.2) is 28.0 Å². The van der Waals surface area contributed by atoms with E-state index in [1.54, 1.807) is 14.0 Å². The highest BCUT2D eigenvalue weighted by atomic mass is 35.5. The number of sulfonamides is 1. The van der Waals surface area contributed by atoms with E-state index in [-0.39, 0.29) is 29.9 Å². The van der Waals surface area contributed by atoms with Crippen molar-refractivity contribution in [2.45, 2.75) is 22.8 Å². The van der Waals surface area contributed by atoms with Crippen LogP contribution in [-0.4, -0.2) is 42.7 Å². The molecule has 0 aliphatic heterocycles. The number of nitrogens with one attached hydrogen (secondary N) is 2. The van der Waals surface area contributed by atoms with Crippen molar-refractivity contribution in [1.29, 1.82) is 0 Å². The Morgan fingerprint density at radius 1 is 1.24 bits per heavy atom. The quantitative estimate of drug-likeness (QED) is 0.772. The zero-order chi connectivity index (χ0) is 15.6. The van der Waals surface area contributed by atoms with Crippen molar-refractivity contribution < 1.29 is 21.2 Å². The lowest BCUT2D eigenvalue weighted by Crippen LogP contribution is -2.37. The van der Waals surface area contributed by atoms with Crippen LogP contribution < -0.4 is 10.0 Å². The lowest BCUT2D eigenvalue weighted by Gasteiger charge is -2.12. The fourth-order valence-corrected chi connectivity index (χ4v) is 3.24. The average molecular weight is 361 g/mol. The Kier molecular flexibility index (Phi) is 7.24. The third-order valence-electron chi connectivity index (χ3n) is 2.69. The van der Waals surface area contributed by atoms with Gasteiger partial charge in [0, 0.05) is 18.8 Å². The summed E-state index contributed by atoms with van der Waals surface area (Å²) in [5.41, 5.74) is 0. The van der Waals surface area contributed by atoms with Crippen molar-refractivity contribution in [3.8, 4) is 0 Å². The molecule has 1 rings (SSSR count). The lowest BCUT2D eigenvalue weighted by atomic mass is 10.3. The largest absolute Gasteiger partial charge is 0.316 e. The highest BCUT2D eigenvalue weighted by molar-refractivity contribution is 7.90. The van der Waals surface area contributed by atoms with E-state index in [2.05, 4.69) is 10.0 Å². The second-order valence-corrected chi connectivity index (χ2v) is 8.16. The lowest BCUT2D eigenvalue weighted by molar-refractivity contribution is 0.548. The molecule has 0 heterocycles. The summed E-state index contributed by atoms with van der Waals surface area (Å²) in [5.74, 6) is -1.09. The van der Waals surface area contributed by atoms with E-state index in [0.29, 0.717) is 6.07 Å². The van der Waals surface area contributed by atoms with Gasteiger partial charge in [-0.05, 0) is 32.2 Å². The molecule has 0 saturated heterocycles. The van der Waals surface area contributed by atoms with E-state index in [4.69, 9.17) is 0 Å². The first-order valence-corrected chi connectivity index (χ1v) is 9.12. The molecular weight excluding hydrogens is 343 g/mol. The van der Waals surface area contributed by atoms with Crippen LogP contribution >= 0.6 is 12.4 Å². The Morgan fingerprint density at radius 2 is 1.81 bits per heavy atom. The summed E-state index contributed by atoms with van der Waals surface area (Å²) < 4.78 is 62.3. The highest BCUT2D eigenvalue weighted by Gasteiger charge is 2.20. The molecule has 21 heavy (non-hydrogen) atoms. The molecule has 1 aromatic rings. The standard InChI is InChI=1S/C11H17FN2O4S2.ClH/c1-8(13-2)7-14-20(17,18)9-4-5-11(10(12)6-9)19(3,15)16;/h4-6,8,13-14H,7H2,1-3H3;1H. The van der Waals surface area contributed by atoms with Gasteiger partial charge in [0.25, 0.3) is 0 Å². The van der Waals surface area contributed by atoms with Gasteiger partial charge in [-0.25, -0.2) is 25.9 Å². The third-order valence-corrected chi connectivity index (χ3v) is 5.24. The molecule has 0 amide bonds. The van der Waals surface area contributed by atoms with Gasteiger partial charge >= 0.3 is 0 Å². The molecule has 122 valence electrons. The number of hydrogen-bond donors (Lipinski definition) is 2. The third kappa shape index (κ3) is 5.51. The van der Waals surface area contributed by atoms with Crippen molar-refractivity contribution in [3.63, 3.8) is 0 Å². The summed E-state index contributed by atoms with van der Waals surface area (Å²) in [4.78, 5) is -0.842. The summed E-state index contributed by atoms with van der Waals surface area (Å²) in [6, 6.07) is 2.61. The molecule has 6 nitrogen and oxygen atoms in total. The Bertz CT molecular complexity index is 692. The fraction of sp³-hybridized carbons (Fsp3) is 0.455. The first-order chi connectivity index (χ1) is 9.08. The first-order valence-electron chi connectivity index (χ1n) is 5.74. The Morgan fingerprint density at radius 3 is 2.24 bits per heavy atom. The maximum absolute atomic E-state index is 13.7. The van der Waals surface area contributed by atoms with Gasteiger partial charge in [-0.2, -0.15) is 0 Å². The van der Waals surface area contributed by atoms with Crippen LogP contribution in [0.3, 0.4) is 0 Å². The van der Waals surface area contributed by atoms with Gasteiger partial charge in [-0.1, -0.05) is 0 Å². The average Bonchev–Trinajstić information content (AvgIpc) is 2.34. The molecule has 0 bridgehead atoms. The highest BCUT2D eigenvalue weighted by Crippen LogP contribution is 2.18. The zero-order valence-corrected chi connectivity index (χ0v) is 14.2. The molecule has 0 radical (unpaired) electrons. The molecule has 2 N–H and O–H groups in total. The van der Waals surface area contributed by atoms with Gasteiger partial charge in [0.05, 0.1) is 4.90 Å². The van der Waals surface area contributed by atoms with E-state index in [0.717, 1.165) is 18.4 Å². The first kappa shape index (κ1) is 20.3. The minimum absolute atomic E-state index is 0. The fourth-order valence-electron chi connectivity index (χ4n) is 1.37. The predicted octanol–water partition coefficient (Wildman–Crippen LogP) is 0.537. The SMILES string of the molecule is CNC(C)CNS(=O)(=O)c1ccc(S(C)(=O)=O)c(F)c1.Cl. The Hall–Kier alpha value is -0.740. The molecule has 0 aliphatic carbocycles. The molecule has 1 aromatic carbocycles. The van der Waals surface area contributed by atoms with Crippen molar-refractivity contribution in [2.75, 3.05) is 19.8 Å². The van der Waals surface area contributed by atoms with Crippen LogP contribution in [0.25, 0.3) is 0 Å². The molecule has 0 aromatic heterocycles. The van der Waals surface area contributed by atoms with Gasteiger partial charge in [-0.3, -0.25) is 0 Å². The molecule has 0 fully saturated rings. The summed E-state index contributed by atoms with van der Waals surface area (Å²) in [5, 5.41) is 2.85. The van der Waals surface area contributed by atoms with Gasteiger partial charge in [0.15, 0.2) is 9.84 Å². The van der Waals surface area contributed by atoms with Crippen LogP contribution in [0.1, 0.15) is 6.92 Å². The van der Waals surface area contributed by atoms with Gasteiger partial charge in [-0.15, -0.1) is 12.4 Å². The van der Waals surface area contributed by atoms with Gasteiger partial charge in [0.1, 0.15) is 10.7 Å². The Balaban J connectivity index is 0.00000400. The van der Waals surface area contributed by atoms with Gasteiger partial charge < -0.3 is 5.32 Å². The molecule has 0 spiro atoms. The molecule has 1 atom stereocenters. The van der Waals surface area contributed by atoms with Crippen molar-refractivity contribution >= 4 is 32.3 Å². The molecular formula is C11H18ClFN2O4S2. The van der Waals surface area contributed by atoms with Crippen LogP contribution in [0.2, 0.25) is 0 Å². The molecule has 1 unspecified atom stereocenters. The van der Waals surface area contributed by atoms with E-state index in [1.165, 1.54) is 0 Å². The summed E-state index contributed by atoms with van der Waals surface area (Å²) in [6.45, 7) is 1.91. The van der Waals surface area contributed by atoms with E-state index < -0.39 is 30.6 Å². The van der Waals surface area contributed by atoms with Crippen LogP contribution in [0.5, 0.6) is 0 Å². The van der Waals surface area contributed by atoms with Crippen molar-refractivity contribution in [2.24, 2.45) is 0 Å². The predicted molar refractivity (Wildman–Crippen MR) is 80.5 cm³/mol. The zero-order valence-electron chi connectivity index (χ0n) is 11.8. The second-order valence-electron chi connectivity index (χ2n) is 4.41. The number of likely N-dealkylation sites (N-methyl/N-ethyl adjacent to an activating group) is 1. The van der Waals surface area contributed by atoms with Gasteiger partial charge in [0.2, 0.25) is 10.0 Å². The normalized spacial score (nSPS) is 13.5. The van der Waals surface area contributed by atoms with E-state index in [1.807, 2.05) is 0 Å². The molecule has 10 heteroatoms. The summed E-state index contributed by atoms with van der Waals surface area (Å²) >= 11 is 0. The van der Waals surface area contributed by atoms with E-state index in [9.17, 15) is 21.2 Å². The number of halogens is 2. The smallest absolute Gasteiger partial charge is 0.240 e. The van der Waals surface area contributed by atoms with Crippen molar-refractivity contribution in [3.05, 3.63) is 24.0 Å². The van der Waals surface area contributed by atoms with E-state index >= 15 is 0 Å². The molecule has 0 saturated carbocycles. The summed E-state index contributed by atoms with van der Waals surface area (Å²) in [6.07, 6.45) is 0.854. The number of hydrogen-bond acceptors (Lipinski definition) is 5. The number of sulfone groups is 1. The van der Waals surface area contributed by atoms with Crippen LogP contribution in [0.4, 0.5) is 4.39 Å². The monoisotopic (exact) mass is 360 g/mol. The maximum atomic E-state index is 13.7. The molecule has 0 aliphatic rings. The minimum atomic E-state index is -3.88. The summed E-state index contributed by atoms with van der Waals surface area (Å²) in [7, 11) is -5.92. The minimum Gasteiger partial charge on any atom is -0.316 e. The number of rotatable bonds is 6. The topological polar surface area (TPSA) is 92.3 Å². The van der Waals surface area contributed by atoms with Crippen molar-refractivity contribution in [1.82, 2.24) is 10.0 Å². The second kappa shape index (κ2) is 7.50. The van der Waals surface area contributed by atoms with Crippen LogP contribution in [-0.2, 0) is 19.9 Å².